The second kappa shape index (κ2) is 10.0. The van der Waals surface area contributed by atoms with Crippen molar-refractivity contribution in [2.24, 2.45) is 0 Å². The molecule has 0 spiro atoms. The first kappa shape index (κ1) is 22.7. The Labute approximate surface area is 195 Å². The normalized spacial score (nSPS) is 15.5. The molecule has 1 saturated heterocycles. The molecule has 1 aliphatic rings. The maximum absolute atomic E-state index is 13.1. The lowest BCUT2D eigenvalue weighted by atomic mass is 9.96. The van der Waals surface area contributed by atoms with Crippen molar-refractivity contribution in [3.05, 3.63) is 71.5 Å². The minimum Gasteiger partial charge on any atom is -0.497 e. The predicted octanol–water partition coefficient (Wildman–Crippen LogP) is 3.99. The Kier molecular flexibility index (Phi) is 6.89. The Hall–Kier alpha value is -3.45. The highest BCUT2D eigenvalue weighted by atomic mass is 16.5. The summed E-state index contributed by atoms with van der Waals surface area (Å²) in [5, 5.41) is 0. The van der Waals surface area contributed by atoms with Gasteiger partial charge in [-0.3, -0.25) is 4.79 Å². The molecule has 7 heteroatoms. The van der Waals surface area contributed by atoms with Gasteiger partial charge in [0.2, 0.25) is 5.95 Å². The molecule has 0 unspecified atom stereocenters. The maximum Gasteiger partial charge on any atom is 0.253 e. The van der Waals surface area contributed by atoms with Gasteiger partial charge in [0.1, 0.15) is 5.75 Å². The summed E-state index contributed by atoms with van der Waals surface area (Å²) in [6, 6.07) is 15.6. The molecule has 3 aromatic rings. The lowest BCUT2D eigenvalue weighted by Gasteiger charge is -2.20. The van der Waals surface area contributed by atoms with Gasteiger partial charge >= 0.3 is 0 Å². The highest BCUT2D eigenvalue weighted by Gasteiger charge is 2.31. The van der Waals surface area contributed by atoms with Gasteiger partial charge in [-0.2, -0.15) is 0 Å². The first-order chi connectivity index (χ1) is 16.0. The molecule has 1 aromatic heterocycles. The van der Waals surface area contributed by atoms with E-state index in [4.69, 9.17) is 14.5 Å². The molecule has 2 aromatic carbocycles. The van der Waals surface area contributed by atoms with E-state index in [1.165, 1.54) is 0 Å². The molecule has 33 heavy (non-hydrogen) atoms. The molecule has 0 radical (unpaired) electrons. The molecular formula is C26H30N4O3. The Morgan fingerprint density at radius 1 is 1.09 bits per heavy atom. The average Bonchev–Trinajstić information content (AvgIpc) is 3.34. The molecular weight excluding hydrogens is 416 g/mol. The fourth-order valence-electron chi connectivity index (χ4n) is 4.17. The first-order valence-corrected chi connectivity index (χ1v) is 11.1. The molecule has 0 aliphatic carbocycles. The van der Waals surface area contributed by atoms with Crippen molar-refractivity contribution in [3.8, 4) is 16.9 Å². The zero-order valence-electron chi connectivity index (χ0n) is 19.6. The van der Waals surface area contributed by atoms with Crippen molar-refractivity contribution in [2.75, 3.05) is 46.3 Å². The molecule has 2 heterocycles. The van der Waals surface area contributed by atoms with E-state index in [0.717, 1.165) is 34.6 Å². The number of rotatable bonds is 7. The number of hydrogen-bond acceptors (Lipinski definition) is 6. The van der Waals surface area contributed by atoms with Crippen LogP contribution in [0.1, 0.15) is 34.0 Å². The fraction of sp³-hybridized carbons (Fsp3) is 0.346. The standard InChI is InChI=1S/C26H30N4O3/c1-29(2)26-27-15-23(19-9-11-22(33-4)12-10-19)24(28-26)21-13-14-30(16-21)25(31)20-7-5-18(6-8-20)17-32-3/h5-12,15,21H,13-14,16-17H2,1-4H3/t21-/m0/s1. The number of carbonyl (C=O) groups is 1. The van der Waals surface area contributed by atoms with Crippen LogP contribution in [0.4, 0.5) is 5.95 Å². The van der Waals surface area contributed by atoms with Crippen molar-refractivity contribution in [2.45, 2.75) is 18.9 Å². The number of ether oxygens (including phenoxy) is 2. The molecule has 1 aliphatic heterocycles. The van der Waals surface area contributed by atoms with Gasteiger partial charge in [0.15, 0.2) is 0 Å². The van der Waals surface area contributed by atoms with Crippen LogP contribution in [0.15, 0.2) is 54.7 Å². The van der Waals surface area contributed by atoms with Gasteiger partial charge in [0.25, 0.3) is 5.91 Å². The van der Waals surface area contributed by atoms with Crippen LogP contribution in [-0.2, 0) is 11.3 Å². The maximum atomic E-state index is 13.1. The van der Waals surface area contributed by atoms with E-state index in [2.05, 4.69) is 4.98 Å². The van der Waals surface area contributed by atoms with Crippen molar-refractivity contribution in [1.82, 2.24) is 14.9 Å². The molecule has 4 rings (SSSR count). The van der Waals surface area contributed by atoms with Crippen LogP contribution < -0.4 is 9.64 Å². The van der Waals surface area contributed by atoms with Gasteiger partial charge in [-0.05, 0) is 41.8 Å². The number of anilines is 1. The molecule has 172 valence electrons. The summed E-state index contributed by atoms with van der Waals surface area (Å²) in [7, 11) is 7.19. The lowest BCUT2D eigenvalue weighted by molar-refractivity contribution is 0.0790. The molecule has 1 fully saturated rings. The zero-order chi connectivity index (χ0) is 23.4. The second-order valence-electron chi connectivity index (χ2n) is 8.46. The number of methoxy groups -OCH3 is 2. The number of hydrogen-bond donors (Lipinski definition) is 0. The van der Waals surface area contributed by atoms with Crippen molar-refractivity contribution in [1.29, 1.82) is 0 Å². The van der Waals surface area contributed by atoms with E-state index in [9.17, 15) is 4.79 Å². The number of nitrogens with zero attached hydrogens (tertiary/aromatic N) is 4. The van der Waals surface area contributed by atoms with E-state index in [1.54, 1.807) is 14.2 Å². The summed E-state index contributed by atoms with van der Waals surface area (Å²) in [6.45, 7) is 1.87. The Morgan fingerprint density at radius 2 is 1.82 bits per heavy atom. The lowest BCUT2D eigenvalue weighted by Crippen LogP contribution is -2.28. The van der Waals surface area contributed by atoms with Crippen molar-refractivity contribution in [3.63, 3.8) is 0 Å². The molecule has 7 nitrogen and oxygen atoms in total. The molecule has 1 atom stereocenters. The third kappa shape index (κ3) is 4.98. The van der Waals surface area contributed by atoms with Crippen molar-refractivity contribution >= 4 is 11.9 Å². The Bertz CT molecular complexity index is 1100. The highest BCUT2D eigenvalue weighted by molar-refractivity contribution is 5.94. The van der Waals surface area contributed by atoms with Crippen molar-refractivity contribution < 1.29 is 14.3 Å². The topological polar surface area (TPSA) is 67.8 Å². The van der Waals surface area contributed by atoms with Crippen LogP contribution in [0.3, 0.4) is 0 Å². The quantitative estimate of drug-likeness (QED) is 0.547. The van der Waals surface area contributed by atoms with Crippen LogP contribution in [0.25, 0.3) is 11.1 Å². The van der Waals surface area contributed by atoms with Crippen LogP contribution in [0.5, 0.6) is 5.75 Å². The summed E-state index contributed by atoms with van der Waals surface area (Å²) in [4.78, 5) is 26.4. The van der Waals surface area contributed by atoms with E-state index >= 15 is 0 Å². The number of benzene rings is 2. The molecule has 0 N–H and O–H groups in total. The summed E-state index contributed by atoms with van der Waals surface area (Å²) in [5.74, 6) is 1.66. The van der Waals surface area contributed by atoms with Gasteiger partial charge in [-0.15, -0.1) is 0 Å². The third-order valence-corrected chi connectivity index (χ3v) is 5.98. The zero-order valence-corrected chi connectivity index (χ0v) is 19.6. The molecule has 1 amide bonds. The smallest absolute Gasteiger partial charge is 0.253 e. The van der Waals surface area contributed by atoms with Crippen LogP contribution in [0.2, 0.25) is 0 Å². The number of likely N-dealkylation sites (tertiary alicyclic amines) is 1. The number of carbonyl (C=O) groups excluding carboxylic acids is 1. The van der Waals surface area contributed by atoms with E-state index in [-0.39, 0.29) is 11.8 Å². The van der Waals surface area contributed by atoms with Gasteiger partial charge in [-0.25, -0.2) is 9.97 Å². The summed E-state index contributed by atoms with van der Waals surface area (Å²) >= 11 is 0. The van der Waals surface area contributed by atoms with Crippen LogP contribution in [-0.4, -0.2) is 62.2 Å². The first-order valence-electron chi connectivity index (χ1n) is 11.1. The molecule has 0 bridgehead atoms. The highest BCUT2D eigenvalue weighted by Crippen LogP contribution is 2.35. The van der Waals surface area contributed by atoms with E-state index in [0.29, 0.717) is 31.2 Å². The average molecular weight is 447 g/mol. The van der Waals surface area contributed by atoms with Gasteiger partial charge in [-0.1, -0.05) is 24.3 Å². The Balaban J connectivity index is 1.59. The summed E-state index contributed by atoms with van der Waals surface area (Å²) in [5.41, 5.74) is 4.75. The van der Waals surface area contributed by atoms with Crippen LogP contribution >= 0.6 is 0 Å². The third-order valence-electron chi connectivity index (χ3n) is 5.98. The summed E-state index contributed by atoms with van der Waals surface area (Å²) in [6.07, 6.45) is 2.75. The van der Waals surface area contributed by atoms with Gasteiger partial charge in [0, 0.05) is 57.5 Å². The number of aromatic nitrogens is 2. The minimum atomic E-state index is 0.0503. The SMILES string of the molecule is COCc1ccc(C(=O)N2CC[C@H](c3nc(N(C)C)ncc3-c3ccc(OC)cc3)C2)cc1. The Morgan fingerprint density at radius 3 is 2.45 bits per heavy atom. The van der Waals surface area contributed by atoms with Gasteiger partial charge in [0.05, 0.1) is 19.4 Å². The predicted molar refractivity (Wildman–Crippen MR) is 129 cm³/mol. The fourth-order valence-corrected chi connectivity index (χ4v) is 4.17. The van der Waals surface area contributed by atoms with Crippen LogP contribution in [0, 0.1) is 0 Å². The van der Waals surface area contributed by atoms with E-state index in [1.807, 2.05) is 78.6 Å². The minimum absolute atomic E-state index is 0.0503. The van der Waals surface area contributed by atoms with Gasteiger partial charge < -0.3 is 19.3 Å². The van der Waals surface area contributed by atoms with E-state index < -0.39 is 0 Å². The monoisotopic (exact) mass is 446 g/mol. The molecule has 0 saturated carbocycles. The second-order valence-corrected chi connectivity index (χ2v) is 8.46. The number of amides is 1. The largest absolute Gasteiger partial charge is 0.497 e. The summed E-state index contributed by atoms with van der Waals surface area (Å²) < 4.78 is 10.5.